The molecule has 2 aromatic rings. The Morgan fingerprint density at radius 3 is 2.16 bits per heavy atom. The summed E-state index contributed by atoms with van der Waals surface area (Å²) >= 11 is 5.44. The second-order valence-electron chi connectivity index (χ2n) is 3.55. The predicted molar refractivity (Wildman–Crippen MR) is 55.6 cm³/mol. The lowest BCUT2D eigenvalue weighted by molar-refractivity contribution is -0.160. The van der Waals surface area contributed by atoms with E-state index in [1.807, 2.05) is 0 Å². The molecule has 0 aliphatic carbocycles. The second-order valence-corrected chi connectivity index (χ2v) is 3.89. The van der Waals surface area contributed by atoms with Crippen molar-refractivity contribution in [2.75, 3.05) is 0 Å². The van der Waals surface area contributed by atoms with Crippen LogP contribution in [-0.2, 0) is 0 Å². The van der Waals surface area contributed by atoms with Crippen molar-refractivity contribution in [1.29, 1.82) is 0 Å². The van der Waals surface area contributed by atoms with Crippen LogP contribution in [0.25, 0.3) is 0 Å². The first-order valence-electron chi connectivity index (χ1n) is 4.88. The van der Waals surface area contributed by atoms with Crippen LogP contribution in [0.5, 0.6) is 0 Å². The lowest BCUT2D eigenvalue weighted by Crippen LogP contribution is -2.30. The van der Waals surface area contributed by atoms with Crippen LogP contribution in [0.1, 0.15) is 11.6 Å². The first-order valence-corrected chi connectivity index (χ1v) is 5.26. The van der Waals surface area contributed by atoms with Crippen molar-refractivity contribution in [2.24, 2.45) is 0 Å². The molecule has 9 heteroatoms. The van der Waals surface area contributed by atoms with Gasteiger partial charge in [-0.1, -0.05) is 6.07 Å². The van der Waals surface area contributed by atoms with Crippen LogP contribution in [-0.4, -0.2) is 20.9 Å². The van der Waals surface area contributed by atoms with E-state index in [2.05, 4.69) is 10.1 Å². The number of hydrogen-bond acceptors (Lipinski definition) is 2. The molecule has 1 aromatic carbocycles. The Kier molecular flexibility index (Phi) is 3.44. The van der Waals surface area contributed by atoms with Gasteiger partial charge in [-0.2, -0.15) is 18.3 Å². The zero-order valence-electron chi connectivity index (χ0n) is 9.00. The lowest BCUT2D eigenvalue weighted by Gasteiger charge is -2.22. The minimum Gasteiger partial charge on any atom is -0.219 e. The lowest BCUT2D eigenvalue weighted by atomic mass is 10.1. The Morgan fingerprint density at radius 2 is 1.74 bits per heavy atom. The van der Waals surface area contributed by atoms with Crippen LogP contribution >= 0.6 is 11.6 Å². The number of alkyl halides is 3. The molecule has 0 spiro atoms. The van der Waals surface area contributed by atoms with Crippen molar-refractivity contribution in [1.82, 2.24) is 14.8 Å². The van der Waals surface area contributed by atoms with Gasteiger partial charge in [0, 0.05) is 0 Å². The molecule has 1 unspecified atom stereocenters. The van der Waals surface area contributed by atoms with Crippen molar-refractivity contribution in [2.45, 2.75) is 12.2 Å². The van der Waals surface area contributed by atoms with Crippen LogP contribution in [0.3, 0.4) is 0 Å². The zero-order valence-corrected chi connectivity index (χ0v) is 9.75. The van der Waals surface area contributed by atoms with Gasteiger partial charge in [-0.15, -0.1) is 0 Å². The summed E-state index contributed by atoms with van der Waals surface area (Å²) in [5, 5.41) is 2.64. The molecular weight excluding hydrogens is 293 g/mol. The van der Waals surface area contributed by atoms with Crippen molar-refractivity contribution in [3.8, 4) is 0 Å². The molecule has 0 aliphatic heterocycles. The summed E-state index contributed by atoms with van der Waals surface area (Å²) in [5.41, 5.74) is -1.18. The Labute approximate surface area is 108 Å². The van der Waals surface area contributed by atoms with Gasteiger partial charge < -0.3 is 0 Å². The molecule has 19 heavy (non-hydrogen) atoms. The smallest absolute Gasteiger partial charge is 0.219 e. The van der Waals surface area contributed by atoms with E-state index in [4.69, 9.17) is 11.6 Å². The first kappa shape index (κ1) is 13.7. The average molecular weight is 298 g/mol. The van der Waals surface area contributed by atoms with Gasteiger partial charge >= 0.3 is 6.18 Å². The maximum atomic E-state index is 13.5. The second kappa shape index (κ2) is 4.76. The summed E-state index contributed by atoms with van der Waals surface area (Å²) in [5.74, 6) is -2.68. The molecule has 1 aromatic heterocycles. The highest BCUT2D eigenvalue weighted by Crippen LogP contribution is 2.39. The molecule has 3 nitrogen and oxygen atoms in total. The van der Waals surface area contributed by atoms with Gasteiger partial charge in [0.25, 0.3) is 0 Å². The minimum atomic E-state index is -4.99. The maximum absolute atomic E-state index is 13.5. The van der Waals surface area contributed by atoms with Crippen molar-refractivity contribution < 1.29 is 22.0 Å². The van der Waals surface area contributed by atoms with E-state index in [1.54, 1.807) is 0 Å². The van der Waals surface area contributed by atoms with Gasteiger partial charge in [0.05, 0.1) is 5.56 Å². The van der Waals surface area contributed by atoms with E-state index in [0.717, 1.165) is 24.5 Å². The number of rotatable bonds is 2. The average Bonchev–Trinajstić information content (AvgIpc) is 2.68. The highest BCUT2D eigenvalue weighted by Gasteiger charge is 2.46. The Balaban J connectivity index is 2.67. The molecule has 1 atom stereocenters. The molecule has 2 rings (SSSR count). The van der Waals surface area contributed by atoms with Gasteiger partial charge in [0.1, 0.15) is 18.0 Å². The summed E-state index contributed by atoms with van der Waals surface area (Å²) < 4.78 is 66.3. The van der Waals surface area contributed by atoms with Gasteiger partial charge in [-0.25, -0.2) is 18.4 Å². The van der Waals surface area contributed by atoms with Crippen LogP contribution < -0.4 is 0 Å². The first-order chi connectivity index (χ1) is 8.82. The summed E-state index contributed by atoms with van der Waals surface area (Å²) in [6, 6.07) is -0.266. The van der Waals surface area contributed by atoms with Crippen LogP contribution in [0, 0.1) is 11.6 Å². The quantitative estimate of drug-likeness (QED) is 0.796. The number of halogens is 6. The maximum Gasteiger partial charge on any atom is 0.415 e. The number of nitrogens with zero attached hydrogens (tertiary/aromatic N) is 3. The fraction of sp³-hybridized carbons (Fsp3) is 0.200. The monoisotopic (exact) mass is 297 g/mol. The van der Waals surface area contributed by atoms with Crippen molar-refractivity contribution in [3.63, 3.8) is 0 Å². The van der Waals surface area contributed by atoms with Gasteiger partial charge in [-0.05, 0) is 23.7 Å². The summed E-state index contributed by atoms with van der Waals surface area (Å²) in [7, 11) is 0. The molecule has 1 heterocycles. The molecule has 0 saturated carbocycles. The molecule has 0 aliphatic rings. The highest BCUT2D eigenvalue weighted by molar-refractivity contribution is 6.28. The van der Waals surface area contributed by atoms with E-state index in [-0.39, 0.29) is 4.68 Å². The van der Waals surface area contributed by atoms with Gasteiger partial charge in [-0.3, -0.25) is 0 Å². The third-order valence-electron chi connectivity index (χ3n) is 2.36. The third-order valence-corrected chi connectivity index (χ3v) is 2.63. The largest absolute Gasteiger partial charge is 0.415 e. The molecule has 0 amide bonds. The van der Waals surface area contributed by atoms with Crippen LogP contribution in [0.4, 0.5) is 22.0 Å². The Morgan fingerprint density at radius 1 is 1.16 bits per heavy atom. The van der Waals surface area contributed by atoms with E-state index < -0.39 is 34.7 Å². The fourth-order valence-corrected chi connectivity index (χ4v) is 1.79. The molecule has 0 bridgehead atoms. The van der Waals surface area contributed by atoms with E-state index in [0.29, 0.717) is 0 Å². The van der Waals surface area contributed by atoms with Crippen molar-refractivity contribution in [3.05, 3.63) is 47.0 Å². The van der Waals surface area contributed by atoms with E-state index >= 15 is 0 Å². The van der Waals surface area contributed by atoms with Gasteiger partial charge in [0.2, 0.25) is 5.28 Å². The third kappa shape index (κ3) is 2.53. The number of benzene rings is 1. The van der Waals surface area contributed by atoms with E-state index in [1.165, 1.54) is 0 Å². The molecule has 0 saturated heterocycles. The Hall–Kier alpha value is -1.70. The van der Waals surface area contributed by atoms with Gasteiger partial charge in [0.15, 0.2) is 6.04 Å². The molecule has 0 radical (unpaired) electrons. The SMILES string of the molecule is Fc1cccc(F)c1C(n1ncnc1Cl)C(F)(F)F. The fourth-order valence-electron chi connectivity index (χ4n) is 1.61. The van der Waals surface area contributed by atoms with Crippen LogP contribution in [0.15, 0.2) is 24.5 Å². The van der Waals surface area contributed by atoms with E-state index in [9.17, 15) is 22.0 Å². The number of aromatic nitrogens is 3. The number of hydrogen-bond donors (Lipinski definition) is 0. The molecule has 102 valence electrons. The normalized spacial score (nSPS) is 13.6. The molecular formula is C10H5ClF5N3. The molecule has 0 N–H and O–H groups in total. The Bertz CT molecular complexity index is 575. The summed E-state index contributed by atoms with van der Waals surface area (Å²) in [4.78, 5) is 3.31. The van der Waals surface area contributed by atoms with Crippen LogP contribution in [0.2, 0.25) is 5.28 Å². The van der Waals surface area contributed by atoms with Crippen molar-refractivity contribution >= 4 is 11.6 Å². The predicted octanol–water partition coefficient (Wildman–Crippen LogP) is 3.36. The zero-order chi connectivity index (χ0) is 14.2. The summed E-state index contributed by atoms with van der Waals surface area (Å²) in [6.07, 6.45) is -4.22. The highest BCUT2D eigenvalue weighted by atomic mass is 35.5. The molecule has 0 fully saturated rings. The minimum absolute atomic E-state index is 0.211. The standard InChI is InChI=1S/C10H5ClF5N3/c11-9-17-4-18-19(9)8(10(14,15)16)7-5(12)2-1-3-6(7)13/h1-4,8H. The topological polar surface area (TPSA) is 30.7 Å². The summed E-state index contributed by atoms with van der Waals surface area (Å²) in [6.45, 7) is 0.